The summed E-state index contributed by atoms with van der Waals surface area (Å²) < 4.78 is 0. The molecule has 0 aromatic carbocycles. The van der Waals surface area contributed by atoms with Crippen molar-refractivity contribution in [3.63, 3.8) is 0 Å². The number of unbranched alkanes of at least 4 members (excludes halogenated alkanes) is 15. The van der Waals surface area contributed by atoms with E-state index in [9.17, 15) is 28.8 Å². The van der Waals surface area contributed by atoms with Crippen LogP contribution < -0.4 is 0 Å². The highest BCUT2D eigenvalue weighted by Crippen LogP contribution is 2.10. The predicted molar refractivity (Wildman–Crippen MR) is 168 cm³/mol. The number of hydrogen-bond donors (Lipinski definition) is 6. The zero-order valence-electron chi connectivity index (χ0n) is 26.5. The Morgan fingerprint density at radius 2 is 0.341 bits per heavy atom. The van der Waals surface area contributed by atoms with Gasteiger partial charge in [0.1, 0.15) is 0 Å². The van der Waals surface area contributed by atoms with Crippen molar-refractivity contribution in [1.82, 2.24) is 0 Å². The molecule has 0 aliphatic carbocycles. The van der Waals surface area contributed by atoms with E-state index >= 15 is 0 Å². The second-order valence-corrected chi connectivity index (χ2v) is 10.2. The highest BCUT2D eigenvalue weighted by molar-refractivity contribution is 5.68. The van der Waals surface area contributed by atoms with Gasteiger partial charge in [-0.05, 0) is 38.5 Å². The van der Waals surface area contributed by atoms with Gasteiger partial charge in [0, 0.05) is 38.5 Å². The summed E-state index contributed by atoms with van der Waals surface area (Å²) in [5, 5.41) is 50.1. The summed E-state index contributed by atoms with van der Waals surface area (Å²) >= 11 is 0. The first-order valence-corrected chi connectivity index (χ1v) is 15.7. The van der Waals surface area contributed by atoms with E-state index in [0.717, 1.165) is 116 Å². The molecule has 0 saturated heterocycles. The average Bonchev–Trinajstić information content (AvgIpc) is 2.94. The van der Waals surface area contributed by atoms with E-state index < -0.39 is 35.8 Å². The number of rotatable bonds is 27. The highest BCUT2D eigenvalue weighted by Gasteiger charge is 2.00. The molecule has 0 unspecified atom stereocenters. The third-order valence-electron chi connectivity index (χ3n) is 6.09. The van der Waals surface area contributed by atoms with Gasteiger partial charge in [0.25, 0.3) is 0 Å². The first-order valence-electron chi connectivity index (χ1n) is 15.7. The lowest BCUT2D eigenvalue weighted by atomic mass is 10.1. The minimum atomic E-state index is -0.740. The van der Waals surface area contributed by atoms with Crippen molar-refractivity contribution in [1.29, 1.82) is 0 Å². The zero-order chi connectivity index (χ0) is 34.4. The standard InChI is InChI=1S/3C10H18O4.C2H4/c3*11-9(12)7-5-3-1-2-4-6-8-10(13)14;1-2/h3*1-8H2,(H,11,12)(H,13,14);1-2H2. The van der Waals surface area contributed by atoms with Gasteiger partial charge >= 0.3 is 35.8 Å². The number of hydrogen-bond acceptors (Lipinski definition) is 6. The van der Waals surface area contributed by atoms with Crippen LogP contribution in [0.5, 0.6) is 0 Å². The van der Waals surface area contributed by atoms with Gasteiger partial charge in [-0.2, -0.15) is 0 Å². The van der Waals surface area contributed by atoms with Crippen LogP contribution in [0.3, 0.4) is 0 Å². The van der Waals surface area contributed by atoms with Crippen LogP contribution in [0, 0.1) is 0 Å². The van der Waals surface area contributed by atoms with Gasteiger partial charge < -0.3 is 30.6 Å². The van der Waals surface area contributed by atoms with Gasteiger partial charge in [-0.1, -0.05) is 77.0 Å². The lowest BCUT2D eigenvalue weighted by Gasteiger charge is -1.98. The van der Waals surface area contributed by atoms with Crippen LogP contribution >= 0.6 is 0 Å². The molecule has 0 atom stereocenters. The van der Waals surface area contributed by atoms with Gasteiger partial charge in [0.2, 0.25) is 0 Å². The molecule has 0 bridgehead atoms. The van der Waals surface area contributed by atoms with E-state index in [1.165, 1.54) is 0 Å². The fourth-order valence-electron chi connectivity index (χ4n) is 3.78. The molecule has 0 amide bonds. The lowest BCUT2D eigenvalue weighted by molar-refractivity contribution is -0.138. The van der Waals surface area contributed by atoms with Crippen LogP contribution in [0.1, 0.15) is 154 Å². The second-order valence-electron chi connectivity index (χ2n) is 10.2. The molecule has 12 heteroatoms. The molecule has 258 valence electrons. The molecule has 0 fully saturated rings. The van der Waals surface area contributed by atoms with Gasteiger partial charge in [0.05, 0.1) is 0 Å². The summed E-state index contributed by atoms with van der Waals surface area (Å²) in [7, 11) is 0. The minimum absolute atomic E-state index is 0.245. The second kappa shape index (κ2) is 39.6. The summed E-state index contributed by atoms with van der Waals surface area (Å²) in [5.74, 6) is -4.44. The molecule has 0 aromatic rings. The molecular formula is C32H58O12. The Kier molecular flexibility index (Phi) is 42.7. The maximum Gasteiger partial charge on any atom is 0.303 e. The predicted octanol–water partition coefficient (Wildman–Crippen LogP) is 7.63. The van der Waals surface area contributed by atoms with E-state index in [2.05, 4.69) is 13.2 Å². The fraction of sp³-hybridized carbons (Fsp3) is 0.750. The molecule has 0 radical (unpaired) electrons. The SMILES string of the molecule is C=C.O=C(O)CCCCCCCCC(=O)O.O=C(O)CCCCCCCCC(=O)O.O=C(O)CCCCCCCCC(=O)O. The fourth-order valence-corrected chi connectivity index (χ4v) is 3.78. The molecule has 6 N–H and O–H groups in total. The third-order valence-corrected chi connectivity index (χ3v) is 6.09. The van der Waals surface area contributed by atoms with Crippen LogP contribution in [0.4, 0.5) is 0 Å². The topological polar surface area (TPSA) is 224 Å². The van der Waals surface area contributed by atoms with E-state index in [0.29, 0.717) is 0 Å². The van der Waals surface area contributed by atoms with Crippen molar-refractivity contribution in [2.24, 2.45) is 0 Å². The third kappa shape index (κ3) is 62.3. The van der Waals surface area contributed by atoms with Crippen molar-refractivity contribution < 1.29 is 59.4 Å². The molecule has 0 spiro atoms. The highest BCUT2D eigenvalue weighted by atomic mass is 16.4. The Labute approximate surface area is 262 Å². The molecular weight excluding hydrogens is 576 g/mol. The van der Waals surface area contributed by atoms with Crippen LogP contribution in [-0.2, 0) is 28.8 Å². The molecule has 12 nitrogen and oxygen atoms in total. The first kappa shape index (κ1) is 47.5. The van der Waals surface area contributed by atoms with Crippen molar-refractivity contribution in [3.8, 4) is 0 Å². The molecule has 0 aromatic heterocycles. The van der Waals surface area contributed by atoms with Crippen LogP contribution in [0.15, 0.2) is 13.2 Å². The summed E-state index contributed by atoms with van der Waals surface area (Å²) in [6.07, 6.45) is 17.5. The quantitative estimate of drug-likeness (QED) is 0.0379. The van der Waals surface area contributed by atoms with Crippen molar-refractivity contribution >= 4 is 35.8 Å². The largest absolute Gasteiger partial charge is 0.481 e. The maximum atomic E-state index is 10.1. The normalized spacial score (nSPS) is 9.64. The van der Waals surface area contributed by atoms with E-state index in [-0.39, 0.29) is 38.5 Å². The van der Waals surface area contributed by atoms with Gasteiger partial charge in [-0.15, -0.1) is 13.2 Å². The summed E-state index contributed by atoms with van der Waals surface area (Å²) in [6, 6.07) is 0. The van der Waals surface area contributed by atoms with E-state index in [1.807, 2.05) is 0 Å². The number of carbonyl (C=O) groups is 6. The van der Waals surface area contributed by atoms with Crippen molar-refractivity contribution in [3.05, 3.63) is 13.2 Å². The van der Waals surface area contributed by atoms with Gasteiger partial charge in [0.15, 0.2) is 0 Å². The van der Waals surface area contributed by atoms with E-state index in [1.54, 1.807) is 0 Å². The van der Waals surface area contributed by atoms with Gasteiger partial charge in [-0.25, -0.2) is 0 Å². The molecule has 0 saturated carbocycles. The van der Waals surface area contributed by atoms with Gasteiger partial charge in [-0.3, -0.25) is 28.8 Å². The van der Waals surface area contributed by atoms with Crippen molar-refractivity contribution in [2.45, 2.75) is 154 Å². The number of carboxylic acids is 6. The Hall–Kier alpha value is -3.44. The Morgan fingerprint density at radius 1 is 0.250 bits per heavy atom. The monoisotopic (exact) mass is 634 g/mol. The van der Waals surface area contributed by atoms with Crippen LogP contribution in [0.25, 0.3) is 0 Å². The summed E-state index contributed by atoms with van der Waals surface area (Å²) in [4.78, 5) is 60.9. The molecule has 0 heterocycles. The van der Waals surface area contributed by atoms with Crippen LogP contribution in [0.2, 0.25) is 0 Å². The smallest absolute Gasteiger partial charge is 0.303 e. The minimum Gasteiger partial charge on any atom is -0.481 e. The summed E-state index contributed by atoms with van der Waals surface area (Å²) in [5.41, 5.74) is 0. The van der Waals surface area contributed by atoms with E-state index in [4.69, 9.17) is 30.6 Å². The molecule has 44 heavy (non-hydrogen) atoms. The lowest BCUT2D eigenvalue weighted by Crippen LogP contribution is -1.94. The Morgan fingerprint density at radius 3 is 0.432 bits per heavy atom. The number of carboxylic acid groups (broad SMARTS) is 6. The first-order chi connectivity index (χ1) is 20.9. The van der Waals surface area contributed by atoms with Crippen molar-refractivity contribution in [2.75, 3.05) is 0 Å². The zero-order valence-corrected chi connectivity index (χ0v) is 26.5. The summed E-state index contributed by atoms with van der Waals surface area (Å²) in [6.45, 7) is 6.00. The molecule has 0 aliphatic heterocycles. The average molecular weight is 635 g/mol. The Bertz CT molecular complexity index is 582. The molecule has 0 aliphatic rings. The van der Waals surface area contributed by atoms with Crippen LogP contribution in [-0.4, -0.2) is 66.5 Å². The molecule has 0 rings (SSSR count). The maximum absolute atomic E-state index is 10.1. The Balaban J connectivity index is -0.000000265. The number of aliphatic carboxylic acids is 6.